The molecule has 0 spiro atoms. The molecule has 0 saturated carbocycles. The summed E-state index contributed by atoms with van der Waals surface area (Å²) in [4.78, 5) is 3.95. The van der Waals surface area contributed by atoms with Crippen molar-refractivity contribution in [1.82, 2.24) is 14.8 Å². The number of alkyl halides is 3. The summed E-state index contributed by atoms with van der Waals surface area (Å²) in [6.45, 7) is 0. The lowest BCUT2D eigenvalue weighted by molar-refractivity contribution is -0.144. The molecule has 0 bridgehead atoms. The van der Waals surface area contributed by atoms with Gasteiger partial charge in [-0.3, -0.25) is 0 Å². The van der Waals surface area contributed by atoms with Gasteiger partial charge >= 0.3 is 6.18 Å². The fourth-order valence-electron chi connectivity index (χ4n) is 2.48. The Labute approximate surface area is 145 Å². The predicted octanol–water partition coefficient (Wildman–Crippen LogP) is 4.47. The quantitative estimate of drug-likeness (QED) is 0.486. The van der Waals surface area contributed by atoms with Crippen LogP contribution in [0.3, 0.4) is 0 Å². The lowest BCUT2D eigenvalue weighted by Crippen LogP contribution is -2.13. The summed E-state index contributed by atoms with van der Waals surface area (Å²) in [6.07, 6.45) is -4.74. The molecule has 0 fully saturated rings. The van der Waals surface area contributed by atoms with Crippen molar-refractivity contribution in [2.45, 2.75) is 16.0 Å². The van der Waals surface area contributed by atoms with Gasteiger partial charge in [0, 0.05) is 5.02 Å². The lowest BCUT2D eigenvalue weighted by Gasteiger charge is -2.19. The van der Waals surface area contributed by atoms with Crippen LogP contribution in [0.25, 0.3) is 5.69 Å². The largest absolute Gasteiger partial charge is 0.453 e. The Balaban J connectivity index is 2.09. The molecule has 5 nitrogen and oxygen atoms in total. The van der Waals surface area contributed by atoms with Crippen LogP contribution >= 0.6 is 11.6 Å². The summed E-state index contributed by atoms with van der Waals surface area (Å²) in [6, 6.07) is 12.6. The van der Waals surface area contributed by atoms with E-state index in [4.69, 9.17) is 11.6 Å². The van der Waals surface area contributed by atoms with E-state index in [9.17, 15) is 17.4 Å². The molecule has 1 aliphatic heterocycles. The number of aromatic nitrogens is 3. The number of hydrogen-bond acceptors (Lipinski definition) is 4. The third-order valence-electron chi connectivity index (χ3n) is 3.56. The van der Waals surface area contributed by atoms with E-state index in [0.29, 0.717) is 4.90 Å². The molecule has 1 aliphatic rings. The smallest absolute Gasteiger partial charge is 0.239 e. The molecule has 2 heterocycles. The van der Waals surface area contributed by atoms with Gasteiger partial charge in [-0.1, -0.05) is 29.8 Å². The summed E-state index contributed by atoms with van der Waals surface area (Å²) >= 11 is 6.00. The van der Waals surface area contributed by atoms with Gasteiger partial charge in [-0.25, -0.2) is 4.21 Å². The first-order valence-corrected chi connectivity index (χ1v) is 8.85. The number of benzene rings is 2. The van der Waals surface area contributed by atoms with Gasteiger partial charge in [0.05, 0.1) is 15.5 Å². The van der Waals surface area contributed by atoms with Crippen molar-refractivity contribution in [2.24, 2.45) is 4.36 Å². The highest BCUT2D eigenvalue weighted by atomic mass is 35.5. The molecule has 0 saturated heterocycles. The van der Waals surface area contributed by atoms with E-state index in [2.05, 4.69) is 14.4 Å². The summed E-state index contributed by atoms with van der Waals surface area (Å²) in [7, 11) is -3.25. The Kier molecular flexibility index (Phi) is 3.41. The average molecular weight is 385 g/mol. The van der Waals surface area contributed by atoms with E-state index in [1.165, 1.54) is 18.2 Å². The van der Waals surface area contributed by atoms with Crippen LogP contribution in [0.2, 0.25) is 5.02 Å². The van der Waals surface area contributed by atoms with Crippen LogP contribution in [0.4, 0.5) is 19.1 Å². The second-order valence-electron chi connectivity index (χ2n) is 5.19. The van der Waals surface area contributed by atoms with Crippen LogP contribution < -0.4 is 0 Å². The van der Waals surface area contributed by atoms with Crippen molar-refractivity contribution in [3.8, 4) is 5.69 Å². The highest BCUT2D eigenvalue weighted by Gasteiger charge is 2.39. The monoisotopic (exact) mass is 384 g/mol. The number of hydrogen-bond donors (Lipinski definition) is 0. The topological polar surface area (TPSA) is 60.1 Å². The summed E-state index contributed by atoms with van der Waals surface area (Å²) in [5.74, 6) is -1.71. The zero-order chi connectivity index (χ0) is 17.8. The van der Waals surface area contributed by atoms with E-state index in [-0.39, 0.29) is 21.6 Å². The number of nitrogens with zero attached hydrogens (tertiary/aromatic N) is 4. The lowest BCUT2D eigenvalue weighted by atomic mass is 10.3. The van der Waals surface area contributed by atoms with E-state index in [1.807, 2.05) is 0 Å². The van der Waals surface area contributed by atoms with Crippen LogP contribution in [0.15, 0.2) is 62.7 Å². The molecule has 1 aromatic heterocycles. The molecule has 0 aliphatic carbocycles. The second-order valence-corrected chi connectivity index (χ2v) is 7.77. The Bertz CT molecular complexity index is 1100. The first-order chi connectivity index (χ1) is 11.8. The maximum absolute atomic E-state index is 13.6. The number of rotatable bonds is 1. The summed E-state index contributed by atoms with van der Waals surface area (Å²) < 4.78 is 57.4. The van der Waals surface area contributed by atoms with Gasteiger partial charge in [-0.2, -0.15) is 27.2 Å². The average Bonchev–Trinajstić information content (AvgIpc) is 3.00. The molecule has 1 unspecified atom stereocenters. The van der Waals surface area contributed by atoms with Crippen molar-refractivity contribution in [3.63, 3.8) is 0 Å². The maximum atomic E-state index is 13.6. The minimum atomic E-state index is -4.74. The standard InChI is InChI=1S/C15H8ClF3N4OS/c16-9-6-7-11-12(8-9)25(24,10-4-2-1-3-5-10)22-14-20-13(15(17,18)19)21-23(11)14/h1-8H. The molecule has 0 radical (unpaired) electrons. The first-order valence-electron chi connectivity index (χ1n) is 6.95. The molecule has 4 rings (SSSR count). The fraction of sp³-hybridized carbons (Fsp3) is 0.0667. The van der Waals surface area contributed by atoms with Gasteiger partial charge in [-0.15, -0.1) is 5.10 Å². The molecule has 25 heavy (non-hydrogen) atoms. The third-order valence-corrected chi connectivity index (χ3v) is 6.05. The molecule has 0 N–H and O–H groups in total. The second kappa shape index (κ2) is 5.30. The van der Waals surface area contributed by atoms with Crippen LogP contribution in [-0.2, 0) is 15.9 Å². The zero-order valence-corrected chi connectivity index (χ0v) is 13.8. The van der Waals surface area contributed by atoms with Gasteiger partial charge in [0.15, 0.2) is 0 Å². The van der Waals surface area contributed by atoms with Crippen molar-refractivity contribution < 1.29 is 17.4 Å². The molecule has 3 aromatic rings. The van der Waals surface area contributed by atoms with Crippen molar-refractivity contribution in [1.29, 1.82) is 0 Å². The molecular formula is C15H8ClF3N4OS. The minimum Gasteiger partial charge on any atom is -0.239 e. The van der Waals surface area contributed by atoms with Gasteiger partial charge in [0.1, 0.15) is 9.73 Å². The number of fused-ring (bicyclic) bond motifs is 3. The van der Waals surface area contributed by atoms with E-state index >= 15 is 0 Å². The van der Waals surface area contributed by atoms with Crippen LogP contribution in [0.5, 0.6) is 0 Å². The van der Waals surface area contributed by atoms with E-state index < -0.39 is 21.7 Å². The Morgan fingerprint density at radius 1 is 1.08 bits per heavy atom. The molecule has 1 atom stereocenters. The van der Waals surface area contributed by atoms with Gasteiger partial charge in [0.25, 0.3) is 11.8 Å². The molecule has 10 heteroatoms. The number of halogens is 4. The highest BCUT2D eigenvalue weighted by Crippen LogP contribution is 2.39. The van der Waals surface area contributed by atoms with Gasteiger partial charge < -0.3 is 0 Å². The molecule has 0 amide bonds. The van der Waals surface area contributed by atoms with Crippen molar-refractivity contribution >= 4 is 27.3 Å². The Hall–Kier alpha value is -2.39. The summed E-state index contributed by atoms with van der Waals surface area (Å²) in [5, 5.41) is 3.76. The SMILES string of the molecule is O=S1(c2ccccc2)=Nc2nc(C(F)(F)F)nn2-c2ccc(Cl)cc21. The highest BCUT2D eigenvalue weighted by molar-refractivity contribution is 7.94. The Morgan fingerprint density at radius 3 is 2.48 bits per heavy atom. The maximum Gasteiger partial charge on any atom is 0.453 e. The third kappa shape index (κ3) is 2.50. The van der Waals surface area contributed by atoms with Crippen molar-refractivity contribution in [2.75, 3.05) is 0 Å². The predicted molar refractivity (Wildman–Crippen MR) is 84.6 cm³/mol. The van der Waals surface area contributed by atoms with Gasteiger partial charge in [-0.05, 0) is 30.3 Å². The van der Waals surface area contributed by atoms with E-state index in [1.54, 1.807) is 30.3 Å². The fourth-order valence-corrected chi connectivity index (χ4v) is 4.77. The minimum absolute atomic E-state index is 0.192. The zero-order valence-electron chi connectivity index (χ0n) is 12.2. The van der Waals surface area contributed by atoms with Crippen LogP contribution in [0.1, 0.15) is 5.82 Å². The van der Waals surface area contributed by atoms with Crippen molar-refractivity contribution in [3.05, 3.63) is 59.4 Å². The molecule has 2 aromatic carbocycles. The normalized spacial score (nSPS) is 19.0. The molecular weight excluding hydrogens is 377 g/mol. The summed E-state index contributed by atoms with van der Waals surface area (Å²) in [5.41, 5.74) is 0.200. The van der Waals surface area contributed by atoms with Gasteiger partial charge in [0.2, 0.25) is 0 Å². The van der Waals surface area contributed by atoms with E-state index in [0.717, 1.165) is 4.68 Å². The van der Waals surface area contributed by atoms with Crippen LogP contribution in [0, 0.1) is 0 Å². The first kappa shape index (κ1) is 16.1. The van der Waals surface area contributed by atoms with Crippen LogP contribution in [-0.4, -0.2) is 19.0 Å². The molecule has 128 valence electrons. The Morgan fingerprint density at radius 2 is 1.80 bits per heavy atom.